The number of hydrogen-bond donors (Lipinski definition) is 1. The molecule has 0 spiro atoms. The summed E-state index contributed by atoms with van der Waals surface area (Å²) in [5, 5.41) is 1.23. The molecule has 1 aromatic heterocycles. The van der Waals surface area contributed by atoms with Crippen LogP contribution >= 0.6 is 0 Å². The molecule has 2 unspecified atom stereocenters. The van der Waals surface area contributed by atoms with Crippen LogP contribution in [0.25, 0.3) is 10.9 Å². The summed E-state index contributed by atoms with van der Waals surface area (Å²) in [6, 6.07) is 8.51. The minimum atomic E-state index is -0.309. The monoisotopic (exact) mass is 377 g/mol. The predicted octanol–water partition coefficient (Wildman–Crippen LogP) is 4.19. The van der Waals surface area contributed by atoms with Crippen LogP contribution in [0.2, 0.25) is 0 Å². The Morgan fingerprint density at radius 2 is 1.93 bits per heavy atom. The molecule has 2 heterocycles. The number of likely N-dealkylation sites (tertiary alicyclic amines) is 1. The van der Waals surface area contributed by atoms with Gasteiger partial charge in [-0.05, 0) is 50.9 Å². The summed E-state index contributed by atoms with van der Waals surface area (Å²) in [6.07, 6.45) is 11.0. The molecule has 2 aromatic rings. The zero-order chi connectivity index (χ0) is 19.9. The van der Waals surface area contributed by atoms with Gasteiger partial charge in [0.05, 0.1) is 5.54 Å². The highest BCUT2D eigenvalue weighted by Gasteiger charge is 2.47. The lowest BCUT2D eigenvalue weighted by Crippen LogP contribution is -2.55. The number of para-hydroxylation sites is 1. The van der Waals surface area contributed by atoms with Crippen molar-refractivity contribution < 1.29 is 4.79 Å². The standard InChI is InChI=1S/C24H31N3O/c1-4-24(27-15-8-5-9-16-27)14-10-12-19(23(25)28)22(24)21-17(2)26(3)20-13-7-6-11-18(20)21/h6-7,10-14,22H,4-5,8-9,15-16H2,1-3H3,(H2,25,28). The van der Waals surface area contributed by atoms with Gasteiger partial charge in [-0.15, -0.1) is 0 Å². The molecule has 28 heavy (non-hydrogen) atoms. The Balaban J connectivity index is 1.99. The van der Waals surface area contributed by atoms with E-state index in [1.807, 2.05) is 6.08 Å². The van der Waals surface area contributed by atoms with E-state index in [-0.39, 0.29) is 17.4 Å². The van der Waals surface area contributed by atoms with Crippen molar-refractivity contribution in [3.8, 4) is 0 Å². The summed E-state index contributed by atoms with van der Waals surface area (Å²) in [6.45, 7) is 6.56. The van der Waals surface area contributed by atoms with Crippen LogP contribution < -0.4 is 5.73 Å². The van der Waals surface area contributed by atoms with E-state index in [0.29, 0.717) is 0 Å². The van der Waals surface area contributed by atoms with Crippen LogP contribution in [0.5, 0.6) is 0 Å². The quantitative estimate of drug-likeness (QED) is 0.869. The number of carbonyl (C=O) groups is 1. The van der Waals surface area contributed by atoms with Crippen LogP contribution in [-0.4, -0.2) is 34.0 Å². The van der Waals surface area contributed by atoms with Crippen LogP contribution in [0.15, 0.2) is 48.1 Å². The fourth-order valence-electron chi connectivity index (χ4n) is 5.47. The number of hydrogen-bond acceptors (Lipinski definition) is 2. The molecule has 2 N–H and O–H groups in total. The van der Waals surface area contributed by atoms with Crippen molar-refractivity contribution >= 4 is 16.8 Å². The molecular formula is C24H31N3O. The Hall–Kier alpha value is -2.33. The zero-order valence-corrected chi connectivity index (χ0v) is 17.2. The lowest BCUT2D eigenvalue weighted by Gasteiger charge is -2.50. The second kappa shape index (κ2) is 7.25. The molecule has 1 aliphatic carbocycles. The van der Waals surface area contributed by atoms with E-state index < -0.39 is 0 Å². The fourth-order valence-corrected chi connectivity index (χ4v) is 5.47. The smallest absolute Gasteiger partial charge is 0.245 e. The Morgan fingerprint density at radius 1 is 1.21 bits per heavy atom. The van der Waals surface area contributed by atoms with Crippen molar-refractivity contribution in [2.45, 2.75) is 51.0 Å². The van der Waals surface area contributed by atoms with Gasteiger partial charge >= 0.3 is 0 Å². The molecule has 2 aliphatic rings. The van der Waals surface area contributed by atoms with E-state index in [9.17, 15) is 4.79 Å². The Labute approximate surface area is 167 Å². The summed E-state index contributed by atoms with van der Waals surface area (Å²) >= 11 is 0. The van der Waals surface area contributed by atoms with Crippen molar-refractivity contribution in [3.63, 3.8) is 0 Å². The highest BCUT2D eigenvalue weighted by Crippen LogP contribution is 2.48. The second-order valence-electron chi connectivity index (χ2n) is 8.25. The normalized spacial score (nSPS) is 25.8. The summed E-state index contributed by atoms with van der Waals surface area (Å²) in [5.74, 6) is -0.360. The molecule has 2 atom stereocenters. The van der Waals surface area contributed by atoms with Gasteiger partial charge in [-0.2, -0.15) is 0 Å². The fraction of sp³-hybridized carbons (Fsp3) is 0.458. The van der Waals surface area contributed by atoms with Gasteiger partial charge in [-0.25, -0.2) is 0 Å². The largest absolute Gasteiger partial charge is 0.366 e. The molecule has 1 aromatic carbocycles. The minimum absolute atomic E-state index is 0.0517. The molecular weight excluding hydrogens is 346 g/mol. The SMILES string of the molecule is CCC1(N2CCCCC2)C=CC=C(C(N)=O)C1c1c(C)n(C)c2ccccc12. The third kappa shape index (κ3) is 2.74. The molecule has 4 rings (SSSR count). The van der Waals surface area contributed by atoms with Gasteiger partial charge in [0.2, 0.25) is 5.91 Å². The molecule has 1 amide bonds. The van der Waals surface area contributed by atoms with Gasteiger partial charge in [0.25, 0.3) is 0 Å². The number of benzene rings is 1. The van der Waals surface area contributed by atoms with E-state index >= 15 is 0 Å². The molecule has 1 saturated heterocycles. The summed E-state index contributed by atoms with van der Waals surface area (Å²) < 4.78 is 2.25. The first-order valence-electron chi connectivity index (χ1n) is 10.5. The zero-order valence-electron chi connectivity index (χ0n) is 17.2. The first-order valence-corrected chi connectivity index (χ1v) is 10.5. The summed E-state index contributed by atoms with van der Waals surface area (Å²) in [4.78, 5) is 15.2. The van der Waals surface area contributed by atoms with Gasteiger partial charge in [0, 0.05) is 35.1 Å². The van der Waals surface area contributed by atoms with Gasteiger partial charge < -0.3 is 10.3 Å². The first kappa shape index (κ1) is 19.0. The van der Waals surface area contributed by atoms with E-state index in [1.165, 1.54) is 41.4 Å². The van der Waals surface area contributed by atoms with E-state index in [2.05, 4.69) is 66.8 Å². The van der Waals surface area contributed by atoms with Crippen molar-refractivity contribution in [1.82, 2.24) is 9.47 Å². The molecule has 0 bridgehead atoms. The average Bonchev–Trinajstić information content (AvgIpc) is 2.98. The Morgan fingerprint density at radius 3 is 2.61 bits per heavy atom. The molecule has 0 saturated carbocycles. The molecule has 148 valence electrons. The van der Waals surface area contributed by atoms with Gasteiger partial charge in [0.1, 0.15) is 0 Å². The first-order chi connectivity index (χ1) is 13.5. The minimum Gasteiger partial charge on any atom is -0.366 e. The number of piperidine rings is 1. The lowest BCUT2D eigenvalue weighted by atomic mass is 9.68. The number of allylic oxidation sites excluding steroid dienone is 2. The number of aryl methyl sites for hydroxylation is 1. The van der Waals surface area contributed by atoms with Gasteiger partial charge in [-0.3, -0.25) is 9.69 Å². The lowest BCUT2D eigenvalue weighted by molar-refractivity contribution is -0.115. The van der Waals surface area contributed by atoms with E-state index in [0.717, 1.165) is 25.1 Å². The van der Waals surface area contributed by atoms with Crippen molar-refractivity contribution in [2.75, 3.05) is 13.1 Å². The number of aromatic nitrogens is 1. The number of nitrogens with two attached hydrogens (primary N) is 1. The topological polar surface area (TPSA) is 51.3 Å². The van der Waals surface area contributed by atoms with Crippen molar-refractivity contribution in [3.05, 3.63) is 59.3 Å². The van der Waals surface area contributed by atoms with Crippen LogP contribution in [-0.2, 0) is 11.8 Å². The molecule has 1 aliphatic heterocycles. The number of rotatable bonds is 4. The molecule has 0 radical (unpaired) electrons. The van der Waals surface area contributed by atoms with Crippen molar-refractivity contribution in [2.24, 2.45) is 12.8 Å². The highest BCUT2D eigenvalue weighted by molar-refractivity contribution is 5.97. The number of amides is 1. The van der Waals surface area contributed by atoms with Crippen LogP contribution in [0, 0.1) is 6.92 Å². The van der Waals surface area contributed by atoms with E-state index in [1.54, 1.807) is 0 Å². The predicted molar refractivity (Wildman–Crippen MR) is 115 cm³/mol. The second-order valence-corrected chi connectivity index (χ2v) is 8.25. The third-order valence-corrected chi connectivity index (χ3v) is 7.00. The maximum absolute atomic E-state index is 12.6. The number of fused-ring (bicyclic) bond motifs is 1. The van der Waals surface area contributed by atoms with Gasteiger partial charge in [0.15, 0.2) is 0 Å². The van der Waals surface area contributed by atoms with Gasteiger partial charge in [-0.1, -0.05) is 49.8 Å². The molecule has 4 heteroatoms. The summed E-state index contributed by atoms with van der Waals surface area (Å²) in [7, 11) is 2.11. The Bertz CT molecular complexity index is 962. The van der Waals surface area contributed by atoms with Crippen molar-refractivity contribution in [1.29, 1.82) is 0 Å². The van der Waals surface area contributed by atoms with Crippen LogP contribution in [0.3, 0.4) is 0 Å². The molecule has 4 nitrogen and oxygen atoms in total. The number of nitrogens with zero attached hydrogens (tertiary/aromatic N) is 2. The maximum atomic E-state index is 12.6. The summed E-state index contributed by atoms with van der Waals surface area (Å²) in [5.41, 5.74) is 10.1. The van der Waals surface area contributed by atoms with E-state index in [4.69, 9.17) is 5.73 Å². The maximum Gasteiger partial charge on any atom is 0.245 e. The van der Waals surface area contributed by atoms with Crippen LogP contribution in [0.4, 0.5) is 0 Å². The number of carbonyl (C=O) groups excluding carboxylic acids is 1. The highest BCUT2D eigenvalue weighted by atomic mass is 16.1. The Kier molecular flexibility index (Phi) is 4.92. The van der Waals surface area contributed by atoms with Crippen LogP contribution in [0.1, 0.15) is 49.8 Å². The molecule has 1 fully saturated rings. The average molecular weight is 378 g/mol. The third-order valence-electron chi connectivity index (χ3n) is 7.00. The number of primary amides is 1.